The van der Waals surface area contributed by atoms with Gasteiger partial charge in [-0.15, -0.1) is 0 Å². The van der Waals surface area contributed by atoms with Gasteiger partial charge in [0.15, 0.2) is 0 Å². The van der Waals surface area contributed by atoms with Crippen LogP contribution >= 0.6 is 11.6 Å². The lowest BCUT2D eigenvalue weighted by atomic mass is 10.0. The van der Waals surface area contributed by atoms with E-state index in [0.29, 0.717) is 22.0 Å². The highest BCUT2D eigenvalue weighted by Crippen LogP contribution is 2.36. The smallest absolute Gasteiger partial charge is 0.282 e. The number of piperidine rings is 1. The van der Waals surface area contributed by atoms with E-state index < -0.39 is 0 Å². The molecule has 1 saturated heterocycles. The molecule has 0 bridgehead atoms. The molecule has 2 amide bonds. The summed E-state index contributed by atoms with van der Waals surface area (Å²) < 4.78 is 0. The first kappa shape index (κ1) is 17.8. The number of nitrogens with zero attached hydrogens (tertiary/aromatic N) is 2. The molecule has 0 N–H and O–H groups in total. The van der Waals surface area contributed by atoms with Gasteiger partial charge in [-0.25, -0.2) is 4.90 Å². The van der Waals surface area contributed by atoms with Gasteiger partial charge in [-0.2, -0.15) is 0 Å². The second kappa shape index (κ2) is 7.20. The number of hydrogen-bond donors (Lipinski definition) is 0. The van der Waals surface area contributed by atoms with Crippen molar-refractivity contribution in [3.05, 3.63) is 70.4 Å². The third kappa shape index (κ3) is 3.26. The zero-order chi connectivity index (χ0) is 19.0. The van der Waals surface area contributed by atoms with Crippen molar-refractivity contribution in [3.63, 3.8) is 0 Å². The van der Waals surface area contributed by atoms with Crippen LogP contribution in [0.5, 0.6) is 0 Å². The quantitative estimate of drug-likeness (QED) is 0.740. The second-order valence-corrected chi connectivity index (χ2v) is 7.50. The van der Waals surface area contributed by atoms with Crippen molar-refractivity contribution < 1.29 is 9.59 Å². The number of aryl methyl sites for hydroxylation is 1. The number of carbonyl (C=O) groups is 2. The van der Waals surface area contributed by atoms with Crippen LogP contribution in [0.15, 0.2) is 54.2 Å². The van der Waals surface area contributed by atoms with E-state index in [1.165, 1.54) is 4.90 Å². The molecule has 0 unspecified atom stereocenters. The van der Waals surface area contributed by atoms with Crippen LogP contribution in [-0.2, 0) is 9.59 Å². The van der Waals surface area contributed by atoms with Crippen LogP contribution in [-0.4, -0.2) is 29.8 Å². The summed E-state index contributed by atoms with van der Waals surface area (Å²) in [6, 6.07) is 14.6. The molecule has 2 aliphatic rings. The molecule has 2 heterocycles. The van der Waals surface area contributed by atoms with E-state index in [0.717, 1.165) is 43.5 Å². The zero-order valence-electron chi connectivity index (χ0n) is 15.2. The van der Waals surface area contributed by atoms with Crippen LogP contribution in [0.3, 0.4) is 0 Å². The maximum Gasteiger partial charge on any atom is 0.282 e. The maximum atomic E-state index is 13.4. The van der Waals surface area contributed by atoms with Crippen LogP contribution in [0.4, 0.5) is 5.69 Å². The number of hydrogen-bond acceptors (Lipinski definition) is 3. The number of halogens is 1. The number of benzene rings is 2. The van der Waals surface area contributed by atoms with E-state index in [1.54, 1.807) is 18.2 Å². The normalized spacial score (nSPS) is 17.9. The molecular weight excluding hydrogens is 360 g/mol. The summed E-state index contributed by atoms with van der Waals surface area (Å²) in [7, 11) is 0. The molecule has 0 saturated carbocycles. The molecule has 138 valence electrons. The molecular formula is C22H21ClN2O2. The molecule has 0 aliphatic carbocycles. The molecule has 27 heavy (non-hydrogen) atoms. The molecule has 0 aromatic heterocycles. The first-order valence-electron chi connectivity index (χ1n) is 9.27. The van der Waals surface area contributed by atoms with Gasteiger partial charge in [-0.05, 0) is 61.6 Å². The summed E-state index contributed by atoms with van der Waals surface area (Å²) in [5.41, 5.74) is 3.34. The van der Waals surface area contributed by atoms with Gasteiger partial charge in [0.2, 0.25) is 0 Å². The Labute approximate surface area is 164 Å². The van der Waals surface area contributed by atoms with E-state index >= 15 is 0 Å². The molecule has 2 aromatic rings. The third-order valence-corrected chi connectivity index (χ3v) is 5.38. The van der Waals surface area contributed by atoms with Crippen LogP contribution in [0.25, 0.3) is 5.57 Å². The molecule has 2 aliphatic heterocycles. The molecule has 0 radical (unpaired) electrons. The highest BCUT2D eigenvalue weighted by molar-refractivity contribution is 6.45. The van der Waals surface area contributed by atoms with E-state index in [1.807, 2.05) is 37.3 Å². The van der Waals surface area contributed by atoms with Crippen LogP contribution in [0.2, 0.25) is 5.02 Å². The Morgan fingerprint density at radius 2 is 1.59 bits per heavy atom. The number of imide groups is 1. The van der Waals surface area contributed by atoms with Gasteiger partial charge in [-0.3, -0.25) is 9.59 Å². The predicted octanol–water partition coefficient (Wildman–Crippen LogP) is 4.42. The van der Waals surface area contributed by atoms with Crippen molar-refractivity contribution in [2.24, 2.45) is 0 Å². The largest absolute Gasteiger partial charge is 0.366 e. The summed E-state index contributed by atoms with van der Waals surface area (Å²) in [5, 5.41) is 0.603. The Hall–Kier alpha value is -2.59. The lowest BCUT2D eigenvalue weighted by molar-refractivity contribution is -0.120. The van der Waals surface area contributed by atoms with Crippen molar-refractivity contribution in [1.82, 2.24) is 4.90 Å². The van der Waals surface area contributed by atoms with Crippen molar-refractivity contribution in [3.8, 4) is 0 Å². The Morgan fingerprint density at radius 3 is 2.26 bits per heavy atom. The fraction of sp³-hybridized carbons (Fsp3) is 0.273. The summed E-state index contributed by atoms with van der Waals surface area (Å²) in [5.74, 6) is -0.508. The summed E-state index contributed by atoms with van der Waals surface area (Å²) in [6.07, 6.45) is 3.22. The van der Waals surface area contributed by atoms with Crippen molar-refractivity contribution in [1.29, 1.82) is 0 Å². The molecule has 1 fully saturated rings. The fourth-order valence-electron chi connectivity index (χ4n) is 3.81. The van der Waals surface area contributed by atoms with Gasteiger partial charge in [0, 0.05) is 18.1 Å². The van der Waals surface area contributed by atoms with Crippen molar-refractivity contribution in [2.75, 3.05) is 18.0 Å². The Morgan fingerprint density at radius 1 is 0.889 bits per heavy atom. The molecule has 4 nitrogen and oxygen atoms in total. The second-order valence-electron chi connectivity index (χ2n) is 7.06. The number of carbonyl (C=O) groups excluding carboxylic acids is 2. The molecule has 4 rings (SSSR count). The van der Waals surface area contributed by atoms with Gasteiger partial charge in [0.25, 0.3) is 11.8 Å². The third-order valence-electron chi connectivity index (χ3n) is 5.12. The molecule has 0 atom stereocenters. The minimum atomic E-state index is -0.270. The summed E-state index contributed by atoms with van der Waals surface area (Å²) in [6.45, 7) is 3.55. The predicted molar refractivity (Wildman–Crippen MR) is 107 cm³/mol. The molecule has 5 heteroatoms. The first-order chi connectivity index (χ1) is 13.1. The van der Waals surface area contributed by atoms with E-state index in [9.17, 15) is 9.59 Å². The van der Waals surface area contributed by atoms with Gasteiger partial charge in [-0.1, -0.05) is 35.9 Å². The van der Waals surface area contributed by atoms with E-state index in [2.05, 4.69) is 4.90 Å². The summed E-state index contributed by atoms with van der Waals surface area (Å²) in [4.78, 5) is 30.1. The fourth-order valence-corrected chi connectivity index (χ4v) is 3.93. The van der Waals surface area contributed by atoms with E-state index in [4.69, 9.17) is 11.6 Å². The zero-order valence-corrected chi connectivity index (χ0v) is 16.0. The van der Waals surface area contributed by atoms with Crippen LogP contribution < -0.4 is 4.90 Å². The Kier molecular flexibility index (Phi) is 4.75. The SMILES string of the molecule is Cc1cccc(N2C(=O)C(c3ccc(Cl)cc3)=C(N3CCCCC3)C2=O)c1. The van der Waals surface area contributed by atoms with Gasteiger partial charge in [0.05, 0.1) is 11.3 Å². The van der Waals surface area contributed by atoms with Crippen molar-refractivity contribution >= 4 is 34.7 Å². The number of amides is 2. The average Bonchev–Trinajstić information content (AvgIpc) is 2.93. The first-order valence-corrected chi connectivity index (χ1v) is 9.64. The standard InChI is InChI=1S/C22H21ClN2O2/c1-15-6-5-7-18(14-15)25-21(26)19(16-8-10-17(23)11-9-16)20(22(25)27)24-12-3-2-4-13-24/h5-11,14H,2-4,12-13H2,1H3. The highest BCUT2D eigenvalue weighted by atomic mass is 35.5. The topological polar surface area (TPSA) is 40.6 Å². The Bertz CT molecular complexity index is 928. The number of likely N-dealkylation sites (tertiary alicyclic amines) is 1. The monoisotopic (exact) mass is 380 g/mol. The van der Waals surface area contributed by atoms with E-state index in [-0.39, 0.29) is 11.8 Å². The van der Waals surface area contributed by atoms with Crippen molar-refractivity contribution in [2.45, 2.75) is 26.2 Å². The Balaban J connectivity index is 1.83. The van der Waals surface area contributed by atoms with Crippen LogP contribution in [0.1, 0.15) is 30.4 Å². The number of anilines is 1. The molecule has 0 spiro atoms. The average molecular weight is 381 g/mol. The minimum Gasteiger partial charge on any atom is -0.366 e. The van der Waals surface area contributed by atoms with Gasteiger partial charge >= 0.3 is 0 Å². The molecule has 2 aromatic carbocycles. The number of rotatable bonds is 3. The van der Waals surface area contributed by atoms with Gasteiger partial charge < -0.3 is 4.90 Å². The lowest BCUT2D eigenvalue weighted by Crippen LogP contribution is -2.37. The highest BCUT2D eigenvalue weighted by Gasteiger charge is 2.42. The summed E-state index contributed by atoms with van der Waals surface area (Å²) >= 11 is 6.02. The van der Waals surface area contributed by atoms with Crippen LogP contribution in [0, 0.1) is 6.92 Å². The maximum absolute atomic E-state index is 13.4. The van der Waals surface area contributed by atoms with Gasteiger partial charge in [0.1, 0.15) is 5.70 Å². The minimum absolute atomic E-state index is 0.238. The lowest BCUT2D eigenvalue weighted by Gasteiger charge is -2.29.